The van der Waals surface area contributed by atoms with Gasteiger partial charge in [0.1, 0.15) is 11.3 Å². The van der Waals surface area contributed by atoms with Crippen LogP contribution in [0.2, 0.25) is 0 Å². The fourth-order valence-electron chi connectivity index (χ4n) is 1.98. The van der Waals surface area contributed by atoms with E-state index in [2.05, 4.69) is 9.97 Å². The second-order valence-electron chi connectivity index (χ2n) is 4.01. The zero-order valence-electron chi connectivity index (χ0n) is 9.43. The third-order valence-corrected chi connectivity index (χ3v) is 3.15. The topological polar surface area (TPSA) is 33.6 Å². The zero-order valence-corrected chi connectivity index (χ0v) is 10.2. The van der Waals surface area contributed by atoms with E-state index in [9.17, 15) is 4.39 Å². The standard InChI is InChI=1S/C13H10FN3S/c14-10-4-1-5-11-12(10)16-13(18)17(11)8-9-3-2-6-15-7-9/h1-7H,8H2,(H,16,18). The number of rotatable bonds is 2. The Morgan fingerprint density at radius 3 is 2.94 bits per heavy atom. The summed E-state index contributed by atoms with van der Waals surface area (Å²) in [6.07, 6.45) is 3.50. The number of nitrogens with one attached hydrogen (secondary N) is 1. The van der Waals surface area contributed by atoms with Crippen molar-refractivity contribution < 1.29 is 4.39 Å². The van der Waals surface area contributed by atoms with Gasteiger partial charge in [-0.05, 0) is 36.0 Å². The van der Waals surface area contributed by atoms with Crippen LogP contribution in [0, 0.1) is 10.6 Å². The summed E-state index contributed by atoms with van der Waals surface area (Å²) in [6.45, 7) is 0.579. The van der Waals surface area contributed by atoms with Gasteiger partial charge in [-0.1, -0.05) is 12.1 Å². The molecule has 0 radical (unpaired) electrons. The molecule has 0 saturated heterocycles. The Morgan fingerprint density at radius 1 is 1.28 bits per heavy atom. The average molecular weight is 259 g/mol. The van der Waals surface area contributed by atoms with Gasteiger partial charge in [-0.25, -0.2) is 4.39 Å². The highest BCUT2D eigenvalue weighted by Gasteiger charge is 2.08. The number of nitrogens with zero attached hydrogens (tertiary/aromatic N) is 2. The van der Waals surface area contributed by atoms with Crippen LogP contribution in [0.3, 0.4) is 0 Å². The van der Waals surface area contributed by atoms with Crippen molar-refractivity contribution >= 4 is 23.3 Å². The lowest BCUT2D eigenvalue weighted by molar-refractivity contribution is 0.637. The summed E-state index contributed by atoms with van der Waals surface area (Å²) in [4.78, 5) is 6.96. The van der Waals surface area contributed by atoms with Gasteiger partial charge < -0.3 is 9.55 Å². The molecule has 0 amide bonds. The summed E-state index contributed by atoms with van der Waals surface area (Å²) in [5.74, 6) is -0.288. The van der Waals surface area contributed by atoms with Crippen LogP contribution >= 0.6 is 12.2 Å². The first-order chi connectivity index (χ1) is 8.75. The molecule has 90 valence electrons. The molecule has 2 heterocycles. The number of halogens is 1. The van der Waals surface area contributed by atoms with Gasteiger partial charge in [-0.2, -0.15) is 0 Å². The predicted octanol–water partition coefficient (Wildman–Crippen LogP) is 3.28. The first-order valence-corrected chi connectivity index (χ1v) is 5.92. The summed E-state index contributed by atoms with van der Waals surface area (Å²) in [6, 6.07) is 8.78. The van der Waals surface area contributed by atoms with Gasteiger partial charge in [0.2, 0.25) is 0 Å². The minimum absolute atomic E-state index is 0.288. The average Bonchev–Trinajstić information content (AvgIpc) is 2.70. The predicted molar refractivity (Wildman–Crippen MR) is 70.4 cm³/mol. The molecule has 18 heavy (non-hydrogen) atoms. The highest BCUT2D eigenvalue weighted by atomic mass is 32.1. The van der Waals surface area contributed by atoms with Crippen LogP contribution in [0.5, 0.6) is 0 Å². The summed E-state index contributed by atoms with van der Waals surface area (Å²) in [5, 5.41) is 0. The van der Waals surface area contributed by atoms with E-state index in [0.717, 1.165) is 11.1 Å². The fourth-order valence-corrected chi connectivity index (χ4v) is 2.24. The second kappa shape index (κ2) is 4.34. The van der Waals surface area contributed by atoms with Crippen LogP contribution < -0.4 is 0 Å². The lowest BCUT2D eigenvalue weighted by Crippen LogP contribution is -1.99. The molecular formula is C13H10FN3S. The Kier molecular flexibility index (Phi) is 2.68. The van der Waals surface area contributed by atoms with E-state index in [0.29, 0.717) is 16.8 Å². The van der Waals surface area contributed by atoms with Crippen LogP contribution in [0.1, 0.15) is 5.56 Å². The molecule has 5 heteroatoms. The Labute approximate surface area is 108 Å². The Balaban J connectivity index is 2.15. The van der Waals surface area contributed by atoms with Gasteiger partial charge in [0, 0.05) is 12.4 Å². The maximum absolute atomic E-state index is 13.6. The lowest BCUT2D eigenvalue weighted by Gasteiger charge is -2.04. The molecule has 0 spiro atoms. The van der Waals surface area contributed by atoms with Crippen LogP contribution in [-0.2, 0) is 6.54 Å². The second-order valence-corrected chi connectivity index (χ2v) is 4.40. The number of H-pyrrole nitrogens is 1. The van der Waals surface area contributed by atoms with Crippen LogP contribution in [0.25, 0.3) is 11.0 Å². The van der Waals surface area contributed by atoms with Crippen LogP contribution in [0.4, 0.5) is 4.39 Å². The molecule has 0 fully saturated rings. The molecular weight excluding hydrogens is 249 g/mol. The summed E-state index contributed by atoms with van der Waals surface area (Å²) in [5.41, 5.74) is 2.24. The van der Waals surface area contributed by atoms with Crippen molar-refractivity contribution in [3.63, 3.8) is 0 Å². The Bertz CT molecular complexity index is 746. The van der Waals surface area contributed by atoms with Crippen molar-refractivity contribution in [2.75, 3.05) is 0 Å². The molecule has 0 unspecified atom stereocenters. The lowest BCUT2D eigenvalue weighted by atomic mass is 10.2. The molecule has 0 aliphatic heterocycles. The van der Waals surface area contributed by atoms with Gasteiger partial charge in [0.15, 0.2) is 4.77 Å². The van der Waals surface area contributed by atoms with Gasteiger partial charge in [-0.3, -0.25) is 4.98 Å². The monoisotopic (exact) mass is 259 g/mol. The van der Waals surface area contributed by atoms with E-state index in [-0.39, 0.29) is 5.82 Å². The van der Waals surface area contributed by atoms with Crippen molar-refractivity contribution in [1.29, 1.82) is 0 Å². The summed E-state index contributed by atoms with van der Waals surface area (Å²) < 4.78 is 16.0. The van der Waals surface area contributed by atoms with Gasteiger partial charge in [-0.15, -0.1) is 0 Å². The molecule has 1 aromatic carbocycles. The number of aromatic amines is 1. The smallest absolute Gasteiger partial charge is 0.178 e. The first-order valence-electron chi connectivity index (χ1n) is 5.51. The maximum Gasteiger partial charge on any atom is 0.178 e. The normalized spacial score (nSPS) is 10.9. The van der Waals surface area contributed by atoms with Crippen molar-refractivity contribution in [1.82, 2.24) is 14.5 Å². The number of hydrogen-bond donors (Lipinski definition) is 1. The molecule has 0 aliphatic rings. The molecule has 0 bridgehead atoms. The quantitative estimate of drug-likeness (QED) is 0.716. The molecule has 2 aromatic heterocycles. The number of hydrogen-bond acceptors (Lipinski definition) is 2. The van der Waals surface area contributed by atoms with Gasteiger partial charge in [0.05, 0.1) is 12.1 Å². The number of imidazole rings is 1. The Hall–Kier alpha value is -2.01. The maximum atomic E-state index is 13.6. The highest BCUT2D eigenvalue weighted by molar-refractivity contribution is 7.71. The van der Waals surface area contributed by atoms with E-state index in [1.165, 1.54) is 6.07 Å². The number of aromatic nitrogens is 3. The molecule has 3 rings (SSSR count). The summed E-state index contributed by atoms with van der Waals surface area (Å²) in [7, 11) is 0. The molecule has 1 N–H and O–H groups in total. The van der Waals surface area contributed by atoms with E-state index >= 15 is 0 Å². The van der Waals surface area contributed by atoms with Crippen LogP contribution in [-0.4, -0.2) is 14.5 Å². The SMILES string of the molecule is Fc1cccc2c1[nH]c(=S)n2Cc1cccnc1. The number of benzene rings is 1. The van der Waals surface area contributed by atoms with Crippen molar-refractivity contribution in [3.8, 4) is 0 Å². The number of pyridine rings is 1. The number of fused-ring (bicyclic) bond motifs is 1. The molecule has 3 aromatic rings. The minimum Gasteiger partial charge on any atom is -0.328 e. The third kappa shape index (κ3) is 1.82. The van der Waals surface area contributed by atoms with E-state index in [4.69, 9.17) is 12.2 Å². The van der Waals surface area contributed by atoms with Gasteiger partial charge >= 0.3 is 0 Å². The van der Waals surface area contributed by atoms with Crippen molar-refractivity contribution in [2.24, 2.45) is 0 Å². The third-order valence-electron chi connectivity index (χ3n) is 2.82. The highest BCUT2D eigenvalue weighted by Crippen LogP contribution is 2.18. The van der Waals surface area contributed by atoms with Crippen molar-refractivity contribution in [2.45, 2.75) is 6.54 Å². The summed E-state index contributed by atoms with van der Waals surface area (Å²) >= 11 is 5.23. The molecule has 0 aliphatic carbocycles. The van der Waals surface area contributed by atoms with E-state index in [1.54, 1.807) is 18.5 Å². The van der Waals surface area contributed by atoms with Crippen molar-refractivity contribution in [3.05, 3.63) is 58.9 Å². The Morgan fingerprint density at radius 2 is 2.17 bits per heavy atom. The first kappa shape index (κ1) is 11.1. The zero-order chi connectivity index (χ0) is 12.5. The van der Waals surface area contributed by atoms with Crippen LogP contribution in [0.15, 0.2) is 42.7 Å². The molecule has 3 nitrogen and oxygen atoms in total. The molecule has 0 atom stereocenters. The molecule has 0 saturated carbocycles. The number of para-hydroxylation sites is 1. The largest absolute Gasteiger partial charge is 0.328 e. The minimum atomic E-state index is -0.288. The fraction of sp³-hybridized carbons (Fsp3) is 0.0769. The van der Waals surface area contributed by atoms with E-state index in [1.807, 2.05) is 22.8 Å². The van der Waals surface area contributed by atoms with E-state index < -0.39 is 0 Å². The van der Waals surface area contributed by atoms with Gasteiger partial charge in [0.25, 0.3) is 0 Å².